The molecule has 2 fully saturated rings. The third-order valence-corrected chi connectivity index (χ3v) is 13.1. The van der Waals surface area contributed by atoms with E-state index in [4.69, 9.17) is 50.2 Å². The van der Waals surface area contributed by atoms with Gasteiger partial charge in [0.1, 0.15) is 62.0 Å². The molecule has 0 N–H and O–H groups in total. The summed E-state index contributed by atoms with van der Waals surface area (Å²) in [5.74, 6) is -0.894. The van der Waals surface area contributed by atoms with Crippen molar-refractivity contribution in [2.24, 2.45) is 0 Å². The van der Waals surface area contributed by atoms with Gasteiger partial charge in [0.05, 0.1) is 0 Å². The summed E-state index contributed by atoms with van der Waals surface area (Å²) in [7, 11) is -13.6. The van der Waals surface area contributed by atoms with Gasteiger partial charge in [0.15, 0.2) is 62.5 Å². The van der Waals surface area contributed by atoms with Gasteiger partial charge in [-0.3, -0.25) is 9.59 Å². The molecular weight excluding hydrogens is 785 g/mol. The van der Waals surface area contributed by atoms with Crippen LogP contribution in [0.5, 0.6) is 0 Å². The first kappa shape index (κ1) is 49.0. The van der Waals surface area contributed by atoms with Crippen molar-refractivity contribution < 1.29 is 59.8 Å². The van der Waals surface area contributed by atoms with E-state index in [0.29, 0.717) is 0 Å². The molecule has 0 aromatic rings. The number of hydrogen-bond donors (Lipinski definition) is 0. The second kappa shape index (κ2) is 18.6. The summed E-state index contributed by atoms with van der Waals surface area (Å²) in [6.45, 7) is 40.5. The van der Waals surface area contributed by atoms with Crippen LogP contribution in [0.3, 0.4) is 0 Å². The van der Waals surface area contributed by atoms with Crippen molar-refractivity contribution in [2.75, 3.05) is 13.2 Å². The number of hydrogen-bond acceptors (Lipinski definition) is 13. The highest BCUT2D eigenvalue weighted by molar-refractivity contribution is 6.71. The minimum Gasteiger partial charge on any atom is -0.463 e. The first-order valence-electron chi connectivity index (χ1n) is 18.9. The zero-order valence-corrected chi connectivity index (χ0v) is 42.5. The Balaban J connectivity index is 2.89. The third kappa shape index (κ3) is 18.3. The van der Waals surface area contributed by atoms with Gasteiger partial charge in [-0.05, 0) is 118 Å². The molecule has 0 aliphatic carbocycles. The maximum absolute atomic E-state index is 12.3. The summed E-state index contributed by atoms with van der Waals surface area (Å²) in [5.41, 5.74) is 0. The molecule has 7 unspecified atom stereocenters. The Bertz CT molecular complexity index is 1190. The van der Waals surface area contributed by atoms with E-state index in [-0.39, 0.29) is 13.2 Å². The van der Waals surface area contributed by atoms with Crippen molar-refractivity contribution in [2.45, 2.75) is 193 Å². The first-order valence-corrected chi connectivity index (χ1v) is 39.4. The number of carbonyl (C=O) groups is 2. The van der Waals surface area contributed by atoms with Gasteiger partial charge < -0.3 is 50.2 Å². The van der Waals surface area contributed by atoms with Gasteiger partial charge in [-0.2, -0.15) is 0 Å². The lowest BCUT2D eigenvalue weighted by molar-refractivity contribution is -0.345. The Labute approximate surface area is 326 Å². The molecule has 2 aliphatic rings. The predicted molar refractivity (Wildman–Crippen MR) is 221 cm³/mol. The van der Waals surface area contributed by atoms with Gasteiger partial charge in [0.2, 0.25) is 0 Å². The summed E-state index contributed by atoms with van der Waals surface area (Å²) >= 11 is 0. The Hall–Kier alpha value is -0.119. The highest BCUT2D eigenvalue weighted by Gasteiger charge is 2.57. The molecule has 0 radical (unpaired) electrons. The molecule has 2 saturated heterocycles. The molecule has 0 aromatic heterocycles. The van der Waals surface area contributed by atoms with Crippen LogP contribution in [0.4, 0.5) is 0 Å². The maximum Gasteiger partial charge on any atom is 0.302 e. The van der Waals surface area contributed by atoms with Crippen LogP contribution in [-0.4, -0.2) is 136 Å². The summed E-state index contributed by atoms with van der Waals surface area (Å²) < 4.78 is 73.4. The van der Waals surface area contributed by atoms with E-state index in [9.17, 15) is 9.59 Å². The molecule has 0 spiro atoms. The van der Waals surface area contributed by atoms with Crippen LogP contribution in [0.25, 0.3) is 0 Å². The molecule has 53 heavy (non-hydrogen) atoms. The molecule has 2 heterocycles. The average molecular weight is 859 g/mol. The van der Waals surface area contributed by atoms with Crippen LogP contribution in [0, 0.1) is 0 Å². The van der Waals surface area contributed by atoms with E-state index in [1.807, 2.05) is 0 Å². The summed E-state index contributed by atoms with van der Waals surface area (Å²) in [6, 6.07) is 0. The fraction of sp³-hybridized carbons (Fsp3) is 0.941. The number of rotatable bonds is 18. The molecule has 10 atom stereocenters. The maximum atomic E-state index is 12.3. The second-order valence-electron chi connectivity index (χ2n) is 20.0. The minimum atomic E-state index is -2.32. The van der Waals surface area contributed by atoms with Gasteiger partial charge >= 0.3 is 11.9 Å². The molecule has 2 aliphatic heterocycles. The standard InChI is InChI=1S/C34H74O13Si6/c1-23(35)37-21-25-27(29(43-49(6,7)8)32(46-52(15,16)17)34(40-25)47-53(18,19)20)41-33-31(45-51(12,13)14)30(44-50(9,10)11)28(42-48(3,4)5)26(39-33)22-38-24(2)36/h25-34H,21-22H2,1-20H3/t25?,26?,27-,28-,29?,30?,31?,32?,33+,34?/m1/s1. The number of esters is 2. The van der Waals surface area contributed by atoms with E-state index in [0.717, 1.165) is 0 Å². The SMILES string of the molecule is CC(=O)OCC1OC(O[Si](C)(C)C)C(O[Si](C)(C)C)C(O[Si](C)(C)C)[C@@H]1O[C@@H]1OC(COC(C)=O)[C@@H](O[Si](C)(C)C)C(O[Si](C)(C)C)C1O[Si](C)(C)C. The molecule has 0 aromatic carbocycles. The van der Waals surface area contributed by atoms with Crippen LogP contribution in [0.15, 0.2) is 0 Å². The van der Waals surface area contributed by atoms with Crippen LogP contribution in [0.2, 0.25) is 118 Å². The molecular formula is C34H74O13Si6. The van der Waals surface area contributed by atoms with E-state index in [1.165, 1.54) is 13.8 Å². The van der Waals surface area contributed by atoms with E-state index < -0.39 is 123 Å². The van der Waals surface area contributed by atoms with Gasteiger partial charge in [-0.25, -0.2) is 0 Å². The topological polar surface area (TPSA) is 136 Å². The Morgan fingerprint density at radius 3 is 1.04 bits per heavy atom. The summed E-state index contributed by atoms with van der Waals surface area (Å²) in [4.78, 5) is 24.5. The van der Waals surface area contributed by atoms with Crippen molar-refractivity contribution in [1.29, 1.82) is 0 Å². The lowest BCUT2D eigenvalue weighted by Crippen LogP contribution is -2.70. The smallest absolute Gasteiger partial charge is 0.302 e. The summed E-state index contributed by atoms with van der Waals surface area (Å²) in [6.07, 6.45) is -7.60. The first-order chi connectivity index (χ1) is 23.6. The molecule has 0 amide bonds. The third-order valence-electron chi connectivity index (χ3n) is 7.29. The second-order valence-corrected chi connectivity index (χ2v) is 46.8. The fourth-order valence-electron chi connectivity index (χ4n) is 6.00. The van der Waals surface area contributed by atoms with Gasteiger partial charge in [0.25, 0.3) is 0 Å². The zero-order chi connectivity index (χ0) is 41.1. The van der Waals surface area contributed by atoms with E-state index >= 15 is 0 Å². The Kier molecular flexibility index (Phi) is 17.2. The highest BCUT2D eigenvalue weighted by Crippen LogP contribution is 2.39. The van der Waals surface area contributed by atoms with Crippen LogP contribution < -0.4 is 0 Å². The lowest BCUT2D eigenvalue weighted by Gasteiger charge is -2.54. The van der Waals surface area contributed by atoms with Crippen molar-refractivity contribution in [1.82, 2.24) is 0 Å². The fourth-order valence-corrected chi connectivity index (χ4v) is 12.3. The molecule has 0 bridgehead atoms. The normalized spacial score (nSPS) is 30.9. The van der Waals surface area contributed by atoms with E-state index in [1.54, 1.807) is 0 Å². The quantitative estimate of drug-likeness (QED) is 0.105. The highest BCUT2D eigenvalue weighted by atomic mass is 28.4. The average Bonchev–Trinajstić information content (AvgIpc) is 2.88. The van der Waals surface area contributed by atoms with Crippen molar-refractivity contribution in [3.8, 4) is 0 Å². The van der Waals surface area contributed by atoms with Crippen LogP contribution in [-0.2, 0) is 59.8 Å². The van der Waals surface area contributed by atoms with Crippen LogP contribution in [0.1, 0.15) is 13.8 Å². The molecule has 2 rings (SSSR count). The lowest BCUT2D eigenvalue weighted by atomic mass is 9.97. The van der Waals surface area contributed by atoms with Gasteiger partial charge in [0, 0.05) is 13.8 Å². The number of ether oxygens (including phenoxy) is 5. The molecule has 0 saturated carbocycles. The van der Waals surface area contributed by atoms with Crippen LogP contribution >= 0.6 is 0 Å². The monoisotopic (exact) mass is 858 g/mol. The molecule has 312 valence electrons. The van der Waals surface area contributed by atoms with E-state index in [2.05, 4.69) is 118 Å². The van der Waals surface area contributed by atoms with Crippen molar-refractivity contribution in [3.63, 3.8) is 0 Å². The Morgan fingerprint density at radius 1 is 0.396 bits per heavy atom. The molecule has 13 nitrogen and oxygen atoms in total. The Morgan fingerprint density at radius 2 is 0.679 bits per heavy atom. The predicted octanol–water partition coefficient (Wildman–Crippen LogP) is 6.90. The minimum absolute atomic E-state index is 0.0735. The molecule has 19 heteroatoms. The van der Waals surface area contributed by atoms with Crippen molar-refractivity contribution >= 4 is 61.8 Å². The zero-order valence-electron chi connectivity index (χ0n) is 36.5. The van der Waals surface area contributed by atoms with Gasteiger partial charge in [-0.1, -0.05) is 0 Å². The largest absolute Gasteiger partial charge is 0.463 e. The number of carbonyl (C=O) groups excluding carboxylic acids is 2. The summed E-state index contributed by atoms with van der Waals surface area (Å²) in [5, 5.41) is 0. The van der Waals surface area contributed by atoms with Crippen molar-refractivity contribution in [3.05, 3.63) is 0 Å². The van der Waals surface area contributed by atoms with Gasteiger partial charge in [-0.15, -0.1) is 0 Å².